The van der Waals surface area contributed by atoms with E-state index in [4.69, 9.17) is 5.73 Å². The highest BCUT2D eigenvalue weighted by atomic mass is 16.1. The van der Waals surface area contributed by atoms with Gasteiger partial charge < -0.3 is 11.1 Å². The smallest absolute Gasteiger partial charge is 0.251 e. The fraction of sp³-hybridized carbons (Fsp3) is 0.562. The molecule has 0 bridgehead atoms. The van der Waals surface area contributed by atoms with E-state index in [0.29, 0.717) is 12.1 Å². The van der Waals surface area contributed by atoms with Crippen LogP contribution in [0.25, 0.3) is 0 Å². The van der Waals surface area contributed by atoms with Gasteiger partial charge in [0.15, 0.2) is 0 Å². The molecule has 1 aliphatic rings. The lowest BCUT2D eigenvalue weighted by Gasteiger charge is -2.38. The van der Waals surface area contributed by atoms with E-state index in [1.165, 1.54) is 12.0 Å². The van der Waals surface area contributed by atoms with Crippen molar-refractivity contribution in [1.29, 1.82) is 0 Å². The van der Waals surface area contributed by atoms with E-state index in [9.17, 15) is 4.79 Å². The normalized spacial score (nSPS) is 17.7. The Hall–Kier alpha value is -1.35. The summed E-state index contributed by atoms with van der Waals surface area (Å²) >= 11 is 0. The summed E-state index contributed by atoms with van der Waals surface area (Å²) in [6.07, 6.45) is 3.19. The van der Waals surface area contributed by atoms with Crippen molar-refractivity contribution in [3.8, 4) is 0 Å². The molecule has 0 unspecified atom stereocenters. The zero-order chi connectivity index (χ0) is 14.1. The number of nitrogens with one attached hydrogen (secondary N) is 1. The van der Waals surface area contributed by atoms with Crippen LogP contribution in [0.4, 0.5) is 0 Å². The van der Waals surface area contributed by atoms with Gasteiger partial charge in [-0.1, -0.05) is 32.9 Å². The van der Waals surface area contributed by atoms with E-state index < -0.39 is 0 Å². The quantitative estimate of drug-likeness (QED) is 0.877. The second-order valence-corrected chi connectivity index (χ2v) is 6.73. The molecule has 1 amide bonds. The number of nitrogens with two attached hydrogens (primary N) is 1. The maximum absolute atomic E-state index is 12.0. The van der Waals surface area contributed by atoms with Crippen LogP contribution in [0.3, 0.4) is 0 Å². The molecule has 0 heterocycles. The van der Waals surface area contributed by atoms with E-state index in [2.05, 4.69) is 26.1 Å². The minimum Gasteiger partial charge on any atom is -0.350 e. The van der Waals surface area contributed by atoms with Crippen LogP contribution >= 0.6 is 0 Å². The van der Waals surface area contributed by atoms with Gasteiger partial charge in [0.25, 0.3) is 5.91 Å². The molecule has 3 heteroatoms. The van der Waals surface area contributed by atoms with Gasteiger partial charge >= 0.3 is 0 Å². The first kappa shape index (κ1) is 14.1. The molecular weight excluding hydrogens is 236 g/mol. The van der Waals surface area contributed by atoms with Crippen LogP contribution in [-0.2, 0) is 5.41 Å². The van der Waals surface area contributed by atoms with Crippen molar-refractivity contribution in [3.63, 3.8) is 0 Å². The van der Waals surface area contributed by atoms with Crippen LogP contribution in [0.2, 0.25) is 0 Å². The minimum absolute atomic E-state index is 0.0304. The number of hydrogen-bond acceptors (Lipinski definition) is 2. The first-order valence-electron chi connectivity index (χ1n) is 6.98. The molecule has 1 fully saturated rings. The molecule has 3 nitrogen and oxygen atoms in total. The molecule has 104 valence electrons. The predicted octanol–water partition coefficient (Wildman–Crippen LogP) is 2.60. The molecule has 1 saturated carbocycles. The van der Waals surface area contributed by atoms with E-state index in [1.54, 1.807) is 0 Å². The van der Waals surface area contributed by atoms with Crippen molar-refractivity contribution in [2.24, 2.45) is 5.73 Å². The molecule has 2 rings (SSSR count). The maximum atomic E-state index is 12.0. The van der Waals surface area contributed by atoms with E-state index in [0.717, 1.165) is 12.8 Å². The summed E-state index contributed by atoms with van der Waals surface area (Å²) in [4.78, 5) is 12.0. The van der Waals surface area contributed by atoms with Crippen molar-refractivity contribution in [3.05, 3.63) is 35.4 Å². The molecule has 3 N–H and O–H groups in total. The van der Waals surface area contributed by atoms with Gasteiger partial charge in [-0.05, 0) is 42.4 Å². The standard InChI is InChI=1S/C16H24N2O/c1-15(2,3)13-7-5-12(6-8-13)14(19)18-11-16(17)9-4-10-16/h5-8H,4,9-11,17H2,1-3H3,(H,18,19). The van der Waals surface area contributed by atoms with Crippen molar-refractivity contribution in [2.75, 3.05) is 6.54 Å². The van der Waals surface area contributed by atoms with Gasteiger partial charge in [-0.2, -0.15) is 0 Å². The van der Waals surface area contributed by atoms with Gasteiger partial charge in [-0.3, -0.25) is 4.79 Å². The number of amides is 1. The average Bonchev–Trinajstić information content (AvgIpc) is 2.33. The lowest BCUT2D eigenvalue weighted by molar-refractivity contribution is 0.0929. The number of carbonyl (C=O) groups excluding carboxylic acids is 1. The number of carbonyl (C=O) groups is 1. The molecular formula is C16H24N2O. The minimum atomic E-state index is -0.166. The molecule has 1 aromatic rings. The van der Waals surface area contributed by atoms with Crippen LogP contribution in [0.1, 0.15) is 56.0 Å². The highest BCUT2D eigenvalue weighted by Gasteiger charge is 2.32. The highest BCUT2D eigenvalue weighted by Crippen LogP contribution is 2.28. The molecule has 1 aliphatic carbocycles. The fourth-order valence-electron chi connectivity index (χ4n) is 2.29. The van der Waals surface area contributed by atoms with Gasteiger partial charge in [-0.15, -0.1) is 0 Å². The molecule has 0 spiro atoms. The van der Waals surface area contributed by atoms with Gasteiger partial charge in [0.05, 0.1) is 0 Å². The number of rotatable bonds is 3. The second-order valence-electron chi connectivity index (χ2n) is 6.73. The number of hydrogen-bond donors (Lipinski definition) is 2. The van der Waals surface area contributed by atoms with Crippen molar-refractivity contribution in [2.45, 2.75) is 51.0 Å². The molecule has 0 aromatic heterocycles. The average molecular weight is 260 g/mol. The van der Waals surface area contributed by atoms with Crippen LogP contribution in [0.15, 0.2) is 24.3 Å². The first-order valence-corrected chi connectivity index (χ1v) is 6.98. The summed E-state index contributed by atoms with van der Waals surface area (Å²) in [6.45, 7) is 7.07. The Morgan fingerprint density at radius 3 is 2.26 bits per heavy atom. The summed E-state index contributed by atoms with van der Waals surface area (Å²) in [5.41, 5.74) is 7.98. The SMILES string of the molecule is CC(C)(C)c1ccc(C(=O)NCC2(N)CCC2)cc1. The summed E-state index contributed by atoms with van der Waals surface area (Å²) in [7, 11) is 0. The molecule has 0 atom stereocenters. The Morgan fingerprint density at radius 1 is 1.26 bits per heavy atom. The molecule has 0 aliphatic heterocycles. The summed E-state index contributed by atoms with van der Waals surface area (Å²) in [5, 5.41) is 2.94. The summed E-state index contributed by atoms with van der Waals surface area (Å²) in [5.74, 6) is -0.0304. The van der Waals surface area contributed by atoms with Gasteiger partial charge in [0, 0.05) is 17.6 Å². The zero-order valence-electron chi connectivity index (χ0n) is 12.1. The predicted molar refractivity (Wildman–Crippen MR) is 78.2 cm³/mol. The van der Waals surface area contributed by atoms with Crippen molar-refractivity contribution >= 4 is 5.91 Å². The van der Waals surface area contributed by atoms with E-state index in [-0.39, 0.29) is 16.9 Å². The Kier molecular flexibility index (Phi) is 3.68. The lowest BCUT2D eigenvalue weighted by Crippen LogP contribution is -2.54. The molecule has 1 aromatic carbocycles. The van der Waals surface area contributed by atoms with Crippen LogP contribution in [0, 0.1) is 0 Å². The maximum Gasteiger partial charge on any atom is 0.251 e. The first-order chi connectivity index (χ1) is 8.80. The van der Waals surface area contributed by atoms with Crippen LogP contribution < -0.4 is 11.1 Å². The highest BCUT2D eigenvalue weighted by molar-refractivity contribution is 5.94. The van der Waals surface area contributed by atoms with E-state index in [1.807, 2.05) is 24.3 Å². The van der Waals surface area contributed by atoms with Crippen molar-refractivity contribution < 1.29 is 4.79 Å². The molecule has 19 heavy (non-hydrogen) atoms. The fourth-order valence-corrected chi connectivity index (χ4v) is 2.29. The zero-order valence-corrected chi connectivity index (χ0v) is 12.1. The van der Waals surface area contributed by atoms with Crippen molar-refractivity contribution in [1.82, 2.24) is 5.32 Å². The van der Waals surface area contributed by atoms with Gasteiger partial charge in [0.2, 0.25) is 0 Å². The third kappa shape index (κ3) is 3.35. The monoisotopic (exact) mass is 260 g/mol. The summed E-state index contributed by atoms with van der Waals surface area (Å²) in [6, 6.07) is 7.83. The third-order valence-electron chi connectivity index (χ3n) is 3.96. The lowest BCUT2D eigenvalue weighted by atomic mass is 9.78. The van der Waals surface area contributed by atoms with Gasteiger partial charge in [-0.25, -0.2) is 0 Å². The Balaban J connectivity index is 1.96. The Labute approximate surface area is 115 Å². The third-order valence-corrected chi connectivity index (χ3v) is 3.96. The topological polar surface area (TPSA) is 55.1 Å². The summed E-state index contributed by atoms with van der Waals surface area (Å²) < 4.78 is 0. The Bertz CT molecular complexity index is 453. The second kappa shape index (κ2) is 4.97. The largest absolute Gasteiger partial charge is 0.350 e. The van der Waals surface area contributed by atoms with Crippen LogP contribution in [0.5, 0.6) is 0 Å². The van der Waals surface area contributed by atoms with Gasteiger partial charge in [0.1, 0.15) is 0 Å². The molecule has 0 saturated heterocycles. The van der Waals surface area contributed by atoms with E-state index >= 15 is 0 Å². The Morgan fingerprint density at radius 2 is 1.84 bits per heavy atom. The van der Waals surface area contributed by atoms with Crippen LogP contribution in [-0.4, -0.2) is 18.0 Å². The number of benzene rings is 1. The molecule has 0 radical (unpaired) electrons.